The van der Waals surface area contributed by atoms with Crippen LogP contribution in [0.15, 0.2) is 0 Å². The average Bonchev–Trinajstić information content (AvgIpc) is 2.72. The van der Waals surface area contributed by atoms with Gasteiger partial charge in [0.05, 0.1) is 0 Å². The summed E-state index contributed by atoms with van der Waals surface area (Å²) in [6.45, 7) is 3.43. The average molecular weight is 242 g/mol. The van der Waals surface area contributed by atoms with E-state index >= 15 is 0 Å². The van der Waals surface area contributed by atoms with Gasteiger partial charge in [0, 0.05) is 6.42 Å². The smallest absolute Gasteiger partial charge is 0.329 e. The van der Waals surface area contributed by atoms with E-state index in [4.69, 9.17) is 5.11 Å². The Morgan fingerprint density at radius 1 is 1.47 bits per heavy atom. The standard InChI is InChI=1S/C11H18N2O4/c1-3-11(4-2,10(16)17)13-9(15)7-5-6-8(14)12-7/h7H,3-6H2,1-2H3,(H,12,14)(H,13,15)(H,16,17)/t7-/m0/s1. The van der Waals surface area contributed by atoms with Crippen molar-refractivity contribution in [1.82, 2.24) is 10.6 Å². The molecule has 0 unspecified atom stereocenters. The van der Waals surface area contributed by atoms with Gasteiger partial charge in [-0.05, 0) is 19.3 Å². The summed E-state index contributed by atoms with van der Waals surface area (Å²) in [5, 5.41) is 14.2. The number of hydrogen-bond acceptors (Lipinski definition) is 3. The van der Waals surface area contributed by atoms with E-state index in [1.54, 1.807) is 13.8 Å². The zero-order valence-electron chi connectivity index (χ0n) is 10.1. The van der Waals surface area contributed by atoms with Gasteiger partial charge < -0.3 is 15.7 Å². The highest BCUT2D eigenvalue weighted by molar-refractivity contribution is 5.94. The van der Waals surface area contributed by atoms with Gasteiger partial charge in [0.25, 0.3) is 0 Å². The van der Waals surface area contributed by atoms with Gasteiger partial charge in [0.2, 0.25) is 11.8 Å². The molecule has 0 spiro atoms. The molecular weight excluding hydrogens is 224 g/mol. The third-order valence-corrected chi connectivity index (χ3v) is 3.29. The van der Waals surface area contributed by atoms with Crippen LogP contribution < -0.4 is 10.6 Å². The highest BCUT2D eigenvalue weighted by Gasteiger charge is 2.39. The van der Waals surface area contributed by atoms with Crippen molar-refractivity contribution in [2.24, 2.45) is 0 Å². The molecule has 1 saturated heterocycles. The van der Waals surface area contributed by atoms with E-state index in [0.717, 1.165) is 0 Å². The minimum atomic E-state index is -1.23. The molecule has 0 aromatic heterocycles. The fourth-order valence-corrected chi connectivity index (χ4v) is 1.92. The molecule has 1 aliphatic rings. The fraction of sp³-hybridized carbons (Fsp3) is 0.727. The van der Waals surface area contributed by atoms with Gasteiger partial charge in [-0.25, -0.2) is 4.79 Å². The quantitative estimate of drug-likeness (QED) is 0.633. The van der Waals surface area contributed by atoms with E-state index in [9.17, 15) is 14.4 Å². The van der Waals surface area contributed by atoms with Crippen molar-refractivity contribution in [3.05, 3.63) is 0 Å². The maximum atomic E-state index is 11.8. The minimum absolute atomic E-state index is 0.168. The molecule has 3 N–H and O–H groups in total. The van der Waals surface area contributed by atoms with Crippen molar-refractivity contribution in [1.29, 1.82) is 0 Å². The van der Waals surface area contributed by atoms with Crippen LogP contribution in [-0.2, 0) is 14.4 Å². The summed E-state index contributed by atoms with van der Waals surface area (Å²) in [7, 11) is 0. The SMILES string of the molecule is CCC(CC)(NC(=O)[C@@H]1CCC(=O)N1)C(=O)O. The third-order valence-electron chi connectivity index (χ3n) is 3.29. The van der Waals surface area contributed by atoms with Gasteiger partial charge >= 0.3 is 5.97 Å². The second kappa shape index (κ2) is 5.16. The first-order valence-corrected chi connectivity index (χ1v) is 5.80. The monoisotopic (exact) mass is 242 g/mol. The number of carboxylic acid groups (broad SMARTS) is 1. The van der Waals surface area contributed by atoms with E-state index < -0.39 is 23.5 Å². The van der Waals surface area contributed by atoms with Gasteiger partial charge in [-0.2, -0.15) is 0 Å². The zero-order chi connectivity index (χ0) is 13.1. The number of rotatable bonds is 5. The first-order valence-electron chi connectivity index (χ1n) is 5.80. The summed E-state index contributed by atoms with van der Waals surface area (Å²) >= 11 is 0. The lowest BCUT2D eigenvalue weighted by Gasteiger charge is -2.29. The van der Waals surface area contributed by atoms with Crippen molar-refractivity contribution in [2.75, 3.05) is 0 Å². The Kier molecular flexibility index (Phi) is 4.09. The molecule has 6 heteroatoms. The minimum Gasteiger partial charge on any atom is -0.480 e. The molecule has 6 nitrogen and oxygen atoms in total. The van der Waals surface area contributed by atoms with Gasteiger partial charge in [0.1, 0.15) is 11.6 Å². The Morgan fingerprint density at radius 2 is 2.06 bits per heavy atom. The first kappa shape index (κ1) is 13.5. The molecule has 0 bridgehead atoms. The molecule has 0 aromatic carbocycles. The summed E-state index contributed by atoms with van der Waals surface area (Å²) < 4.78 is 0. The van der Waals surface area contributed by atoms with Crippen LogP contribution >= 0.6 is 0 Å². The van der Waals surface area contributed by atoms with Crippen molar-refractivity contribution >= 4 is 17.8 Å². The maximum absolute atomic E-state index is 11.8. The van der Waals surface area contributed by atoms with E-state index in [0.29, 0.717) is 25.7 Å². The third kappa shape index (κ3) is 2.75. The molecule has 1 fully saturated rings. The number of carbonyl (C=O) groups excluding carboxylic acids is 2. The molecule has 0 radical (unpaired) electrons. The molecule has 0 aromatic rings. The maximum Gasteiger partial charge on any atom is 0.329 e. The topological polar surface area (TPSA) is 95.5 Å². The lowest BCUT2D eigenvalue weighted by atomic mass is 9.92. The Balaban J connectivity index is 2.71. The molecule has 1 aliphatic heterocycles. The highest BCUT2D eigenvalue weighted by Crippen LogP contribution is 2.17. The molecule has 1 atom stereocenters. The number of carbonyl (C=O) groups is 3. The first-order chi connectivity index (χ1) is 7.95. The van der Waals surface area contributed by atoms with Gasteiger partial charge in [0.15, 0.2) is 0 Å². The van der Waals surface area contributed by atoms with Crippen LogP contribution in [0.2, 0.25) is 0 Å². The lowest BCUT2D eigenvalue weighted by molar-refractivity contribution is -0.148. The van der Waals surface area contributed by atoms with Crippen molar-refractivity contribution in [3.63, 3.8) is 0 Å². The Labute approximate surface area is 99.8 Å². The van der Waals surface area contributed by atoms with E-state index in [2.05, 4.69) is 10.6 Å². The molecule has 1 rings (SSSR count). The van der Waals surface area contributed by atoms with E-state index in [1.807, 2.05) is 0 Å². The highest BCUT2D eigenvalue weighted by atomic mass is 16.4. The molecule has 96 valence electrons. The number of aliphatic carboxylic acids is 1. The molecule has 0 aliphatic carbocycles. The van der Waals surface area contributed by atoms with Gasteiger partial charge in [-0.15, -0.1) is 0 Å². The zero-order valence-corrected chi connectivity index (χ0v) is 10.1. The largest absolute Gasteiger partial charge is 0.480 e. The van der Waals surface area contributed by atoms with E-state index in [1.165, 1.54) is 0 Å². The lowest BCUT2D eigenvalue weighted by Crippen LogP contribution is -2.57. The number of carboxylic acids is 1. The van der Waals surface area contributed by atoms with Crippen LogP contribution in [0.1, 0.15) is 39.5 Å². The summed E-state index contributed by atoms with van der Waals surface area (Å²) in [4.78, 5) is 34.0. The Hall–Kier alpha value is -1.59. The van der Waals surface area contributed by atoms with Crippen molar-refractivity contribution in [3.8, 4) is 0 Å². The summed E-state index contributed by atoms with van der Waals surface area (Å²) in [6, 6.07) is -0.598. The van der Waals surface area contributed by atoms with Crippen molar-refractivity contribution in [2.45, 2.75) is 51.1 Å². The van der Waals surface area contributed by atoms with Crippen LogP contribution in [0.25, 0.3) is 0 Å². The normalized spacial score (nSPS) is 19.9. The number of amides is 2. The predicted octanol–water partition coefficient (Wildman–Crippen LogP) is 0.0246. The molecule has 1 heterocycles. The summed E-state index contributed by atoms with van der Waals surface area (Å²) in [5.41, 5.74) is -1.23. The summed E-state index contributed by atoms with van der Waals surface area (Å²) in [6.07, 6.45) is 1.36. The molecule has 17 heavy (non-hydrogen) atoms. The summed E-state index contributed by atoms with van der Waals surface area (Å²) in [5.74, 6) is -1.62. The van der Waals surface area contributed by atoms with Gasteiger partial charge in [-0.1, -0.05) is 13.8 Å². The number of hydrogen-bond donors (Lipinski definition) is 3. The van der Waals surface area contributed by atoms with Crippen molar-refractivity contribution < 1.29 is 19.5 Å². The molecule has 2 amide bonds. The fourth-order valence-electron chi connectivity index (χ4n) is 1.92. The van der Waals surface area contributed by atoms with Gasteiger partial charge in [-0.3, -0.25) is 9.59 Å². The Morgan fingerprint density at radius 3 is 2.41 bits per heavy atom. The molecule has 0 saturated carbocycles. The van der Waals surface area contributed by atoms with Crippen LogP contribution in [0, 0.1) is 0 Å². The second-order valence-corrected chi connectivity index (χ2v) is 4.24. The Bertz CT molecular complexity index is 336. The van der Waals surface area contributed by atoms with Crippen LogP contribution in [0.5, 0.6) is 0 Å². The molecular formula is C11H18N2O4. The van der Waals surface area contributed by atoms with Crippen LogP contribution in [0.3, 0.4) is 0 Å². The van der Waals surface area contributed by atoms with Crippen LogP contribution in [-0.4, -0.2) is 34.5 Å². The van der Waals surface area contributed by atoms with E-state index in [-0.39, 0.29) is 5.91 Å². The van der Waals surface area contributed by atoms with Crippen LogP contribution in [0.4, 0.5) is 0 Å². The number of nitrogens with one attached hydrogen (secondary N) is 2. The second-order valence-electron chi connectivity index (χ2n) is 4.24. The predicted molar refractivity (Wildman–Crippen MR) is 60.3 cm³/mol.